The van der Waals surface area contributed by atoms with Crippen LogP contribution in [0.25, 0.3) is 6.08 Å². The quantitative estimate of drug-likeness (QED) is 0.585. The molecule has 0 bridgehead atoms. The molecule has 2 rings (SSSR count). The van der Waals surface area contributed by atoms with Crippen LogP contribution in [0.4, 0.5) is 0 Å². The first kappa shape index (κ1) is 9.71. The van der Waals surface area contributed by atoms with Gasteiger partial charge in [0, 0.05) is 0 Å². The summed E-state index contributed by atoms with van der Waals surface area (Å²) < 4.78 is 0. The maximum Gasteiger partial charge on any atom is 0.229 e. The van der Waals surface area contributed by atoms with Crippen LogP contribution in [0.5, 0.6) is 0 Å². The molecular formula is C13H13NO. The molecule has 1 aromatic carbocycles. The molecule has 2 nitrogen and oxygen atoms in total. The smallest absolute Gasteiger partial charge is 0.229 e. The van der Waals surface area contributed by atoms with Crippen LogP contribution in [-0.4, -0.2) is 11.9 Å². The highest BCUT2D eigenvalue weighted by molar-refractivity contribution is 5.89. The van der Waals surface area contributed by atoms with Gasteiger partial charge in [0.1, 0.15) is 0 Å². The van der Waals surface area contributed by atoms with Crippen molar-refractivity contribution in [2.45, 2.75) is 6.04 Å². The molecule has 0 aromatic heterocycles. The van der Waals surface area contributed by atoms with Gasteiger partial charge in [0.2, 0.25) is 5.91 Å². The lowest BCUT2D eigenvalue weighted by Gasteiger charge is -2.32. The fourth-order valence-corrected chi connectivity index (χ4v) is 1.61. The van der Waals surface area contributed by atoms with Crippen molar-refractivity contribution >= 4 is 12.0 Å². The van der Waals surface area contributed by atoms with E-state index in [1.165, 1.54) is 0 Å². The van der Waals surface area contributed by atoms with E-state index < -0.39 is 0 Å². The minimum Gasteiger partial charge on any atom is -0.348 e. The van der Waals surface area contributed by atoms with E-state index in [4.69, 9.17) is 0 Å². The predicted molar refractivity (Wildman–Crippen MR) is 61.1 cm³/mol. The average Bonchev–Trinajstić information content (AvgIpc) is 2.27. The summed E-state index contributed by atoms with van der Waals surface area (Å²) in [6.07, 6.45) is 5.67. The number of carbonyl (C=O) groups excluding carboxylic acids is 1. The Morgan fingerprint density at radius 3 is 2.60 bits per heavy atom. The minimum atomic E-state index is -0.0530. The second-order valence-electron chi connectivity index (χ2n) is 3.57. The zero-order valence-electron chi connectivity index (χ0n) is 8.39. The SMILES string of the molecule is C=C[C@@H]1NC(=O)[C@@H]1/C=C/c1ccccc1. The van der Waals surface area contributed by atoms with E-state index in [0.717, 1.165) is 5.56 Å². The van der Waals surface area contributed by atoms with Crippen LogP contribution in [0.1, 0.15) is 5.56 Å². The molecule has 1 saturated heterocycles. The van der Waals surface area contributed by atoms with Crippen LogP contribution >= 0.6 is 0 Å². The Hall–Kier alpha value is -1.83. The highest BCUT2D eigenvalue weighted by atomic mass is 16.2. The molecule has 0 aliphatic carbocycles. The number of amides is 1. The molecule has 0 saturated carbocycles. The Kier molecular flexibility index (Phi) is 2.68. The fourth-order valence-electron chi connectivity index (χ4n) is 1.61. The number of hydrogen-bond acceptors (Lipinski definition) is 1. The van der Waals surface area contributed by atoms with Gasteiger partial charge in [-0.3, -0.25) is 4.79 Å². The van der Waals surface area contributed by atoms with Gasteiger partial charge in [0.15, 0.2) is 0 Å². The van der Waals surface area contributed by atoms with E-state index in [0.29, 0.717) is 0 Å². The van der Waals surface area contributed by atoms with Crippen LogP contribution in [0.3, 0.4) is 0 Å². The monoisotopic (exact) mass is 199 g/mol. The number of β-lactam (4-membered cyclic amide) rings is 1. The van der Waals surface area contributed by atoms with Crippen LogP contribution in [0.15, 0.2) is 49.1 Å². The summed E-state index contributed by atoms with van der Waals surface area (Å²) >= 11 is 0. The molecule has 1 heterocycles. The number of hydrogen-bond donors (Lipinski definition) is 1. The molecule has 1 N–H and O–H groups in total. The topological polar surface area (TPSA) is 29.1 Å². The van der Waals surface area contributed by atoms with Gasteiger partial charge in [-0.25, -0.2) is 0 Å². The molecule has 2 atom stereocenters. The Morgan fingerprint density at radius 1 is 1.27 bits per heavy atom. The second-order valence-corrected chi connectivity index (χ2v) is 3.57. The molecule has 2 heteroatoms. The van der Waals surface area contributed by atoms with Crippen molar-refractivity contribution < 1.29 is 4.79 Å². The lowest BCUT2D eigenvalue weighted by Crippen LogP contribution is -2.55. The summed E-state index contributed by atoms with van der Waals surface area (Å²) in [6.45, 7) is 3.67. The van der Waals surface area contributed by atoms with Gasteiger partial charge in [-0.1, -0.05) is 48.6 Å². The van der Waals surface area contributed by atoms with Crippen LogP contribution in [0.2, 0.25) is 0 Å². The van der Waals surface area contributed by atoms with Gasteiger partial charge in [0.25, 0.3) is 0 Å². The molecule has 1 aliphatic rings. The van der Waals surface area contributed by atoms with Crippen LogP contribution in [0, 0.1) is 5.92 Å². The number of benzene rings is 1. The fraction of sp³-hybridized carbons (Fsp3) is 0.154. The highest BCUT2D eigenvalue weighted by Gasteiger charge is 2.34. The molecule has 76 valence electrons. The first-order chi connectivity index (χ1) is 7.31. The Balaban J connectivity index is 2.05. The van der Waals surface area contributed by atoms with Crippen molar-refractivity contribution in [1.29, 1.82) is 0 Å². The molecular weight excluding hydrogens is 186 g/mol. The average molecular weight is 199 g/mol. The third-order valence-electron chi connectivity index (χ3n) is 2.55. The van der Waals surface area contributed by atoms with Gasteiger partial charge in [-0.05, 0) is 5.56 Å². The van der Waals surface area contributed by atoms with Gasteiger partial charge in [-0.15, -0.1) is 6.58 Å². The van der Waals surface area contributed by atoms with E-state index in [-0.39, 0.29) is 17.9 Å². The Bertz CT molecular complexity index is 394. The van der Waals surface area contributed by atoms with Crippen LogP contribution < -0.4 is 5.32 Å². The van der Waals surface area contributed by atoms with Gasteiger partial charge in [0.05, 0.1) is 12.0 Å². The maximum atomic E-state index is 11.2. The van der Waals surface area contributed by atoms with Crippen molar-refractivity contribution in [2.24, 2.45) is 5.92 Å². The molecule has 1 fully saturated rings. The minimum absolute atomic E-state index is 0.0530. The molecule has 1 aliphatic heterocycles. The maximum absolute atomic E-state index is 11.2. The molecule has 15 heavy (non-hydrogen) atoms. The third kappa shape index (κ3) is 1.99. The van der Waals surface area contributed by atoms with Gasteiger partial charge in [-0.2, -0.15) is 0 Å². The van der Waals surface area contributed by atoms with E-state index >= 15 is 0 Å². The third-order valence-corrected chi connectivity index (χ3v) is 2.55. The predicted octanol–water partition coefficient (Wildman–Crippen LogP) is 2.00. The summed E-state index contributed by atoms with van der Waals surface area (Å²) in [5, 5.41) is 2.77. The van der Waals surface area contributed by atoms with Crippen molar-refractivity contribution in [2.75, 3.05) is 0 Å². The first-order valence-electron chi connectivity index (χ1n) is 4.97. The van der Waals surface area contributed by atoms with Crippen molar-refractivity contribution in [3.63, 3.8) is 0 Å². The van der Waals surface area contributed by atoms with Crippen LogP contribution in [-0.2, 0) is 4.79 Å². The van der Waals surface area contributed by atoms with E-state index in [2.05, 4.69) is 11.9 Å². The molecule has 0 spiro atoms. The van der Waals surface area contributed by atoms with Crippen molar-refractivity contribution in [3.05, 3.63) is 54.6 Å². The molecule has 0 radical (unpaired) electrons. The summed E-state index contributed by atoms with van der Waals surface area (Å²) in [5.74, 6) is 0.0230. The number of carbonyl (C=O) groups is 1. The van der Waals surface area contributed by atoms with Crippen molar-refractivity contribution in [3.8, 4) is 0 Å². The van der Waals surface area contributed by atoms with Gasteiger partial charge >= 0.3 is 0 Å². The summed E-state index contributed by atoms with van der Waals surface area (Å²) in [6, 6.07) is 10.0. The highest BCUT2D eigenvalue weighted by Crippen LogP contribution is 2.18. The molecule has 1 amide bonds. The molecule has 1 aromatic rings. The zero-order chi connectivity index (χ0) is 10.7. The zero-order valence-corrected chi connectivity index (χ0v) is 8.39. The Morgan fingerprint density at radius 2 is 2.00 bits per heavy atom. The number of rotatable bonds is 3. The standard InChI is InChI=1S/C13H13NO/c1-2-12-11(13(15)14-12)9-8-10-6-4-3-5-7-10/h2-9,11-12H,1H2,(H,14,15)/b9-8+/t11-,12+/m1/s1. The van der Waals surface area contributed by atoms with E-state index in [9.17, 15) is 4.79 Å². The van der Waals surface area contributed by atoms with Crippen molar-refractivity contribution in [1.82, 2.24) is 5.32 Å². The van der Waals surface area contributed by atoms with E-state index in [1.807, 2.05) is 42.5 Å². The summed E-state index contributed by atoms with van der Waals surface area (Å²) in [4.78, 5) is 11.2. The van der Waals surface area contributed by atoms with E-state index in [1.54, 1.807) is 6.08 Å². The largest absolute Gasteiger partial charge is 0.348 e. The lowest BCUT2D eigenvalue weighted by molar-refractivity contribution is -0.131. The Labute approximate surface area is 89.3 Å². The summed E-state index contributed by atoms with van der Waals surface area (Å²) in [5.41, 5.74) is 1.11. The normalized spacial score (nSPS) is 24.7. The summed E-state index contributed by atoms with van der Waals surface area (Å²) in [7, 11) is 0. The lowest BCUT2D eigenvalue weighted by atomic mass is 9.90. The van der Waals surface area contributed by atoms with Gasteiger partial charge < -0.3 is 5.32 Å². The second kappa shape index (κ2) is 4.13. The first-order valence-corrected chi connectivity index (χ1v) is 4.97. The number of nitrogens with one attached hydrogen (secondary N) is 1. The molecule has 0 unspecified atom stereocenters.